The molecule has 0 saturated carbocycles. The normalized spacial score (nSPS) is 12.3. The molecule has 0 saturated heterocycles. The van der Waals surface area contributed by atoms with Gasteiger partial charge in [0.1, 0.15) is 17.2 Å². The van der Waals surface area contributed by atoms with Gasteiger partial charge >= 0.3 is 0 Å². The molecule has 0 amide bonds. The minimum absolute atomic E-state index is 0.216. The highest BCUT2D eigenvalue weighted by atomic mass is 16.5. The van der Waals surface area contributed by atoms with Gasteiger partial charge in [-0.15, -0.1) is 0 Å². The van der Waals surface area contributed by atoms with Crippen molar-refractivity contribution in [2.45, 2.75) is 39.7 Å². The van der Waals surface area contributed by atoms with Gasteiger partial charge in [0.05, 0.1) is 26.9 Å². The minimum atomic E-state index is 0.216. The van der Waals surface area contributed by atoms with Crippen molar-refractivity contribution in [3.8, 4) is 17.2 Å². The predicted octanol–water partition coefficient (Wildman–Crippen LogP) is 3.80. The van der Waals surface area contributed by atoms with E-state index < -0.39 is 0 Å². The molecule has 0 aliphatic rings. The van der Waals surface area contributed by atoms with E-state index in [1.165, 1.54) is 0 Å². The molecule has 21 heavy (non-hydrogen) atoms. The van der Waals surface area contributed by atoms with Crippen molar-refractivity contribution in [2.75, 3.05) is 27.9 Å². The average Bonchev–Trinajstić information content (AvgIpc) is 2.49. The van der Waals surface area contributed by atoms with Crippen molar-refractivity contribution < 1.29 is 14.2 Å². The van der Waals surface area contributed by atoms with E-state index in [0.29, 0.717) is 5.92 Å². The van der Waals surface area contributed by atoms with Gasteiger partial charge in [-0.05, 0) is 25.3 Å². The first kappa shape index (κ1) is 17.6. The lowest BCUT2D eigenvalue weighted by molar-refractivity contribution is 0.350. The zero-order chi connectivity index (χ0) is 15.8. The van der Waals surface area contributed by atoms with Gasteiger partial charge in [-0.3, -0.25) is 0 Å². The number of rotatable bonds is 9. The Morgan fingerprint density at radius 1 is 0.952 bits per heavy atom. The van der Waals surface area contributed by atoms with E-state index in [1.807, 2.05) is 12.1 Å². The highest BCUT2D eigenvalue weighted by molar-refractivity contribution is 5.52. The number of nitrogens with one attached hydrogen (secondary N) is 1. The van der Waals surface area contributed by atoms with Crippen molar-refractivity contribution in [1.29, 1.82) is 0 Å². The van der Waals surface area contributed by atoms with E-state index in [-0.39, 0.29) is 6.04 Å². The van der Waals surface area contributed by atoms with Crippen LogP contribution >= 0.6 is 0 Å². The lowest BCUT2D eigenvalue weighted by Gasteiger charge is -2.24. The predicted molar refractivity (Wildman–Crippen MR) is 86.6 cm³/mol. The summed E-state index contributed by atoms with van der Waals surface area (Å²) in [5, 5.41) is 3.54. The summed E-state index contributed by atoms with van der Waals surface area (Å²) in [6, 6.07) is 4.04. The van der Waals surface area contributed by atoms with Gasteiger partial charge < -0.3 is 19.5 Å². The molecular formula is C17H29NO3. The van der Waals surface area contributed by atoms with Gasteiger partial charge in [0.15, 0.2) is 0 Å². The van der Waals surface area contributed by atoms with Crippen LogP contribution in [0.5, 0.6) is 17.2 Å². The summed E-state index contributed by atoms with van der Waals surface area (Å²) in [4.78, 5) is 0. The van der Waals surface area contributed by atoms with E-state index >= 15 is 0 Å². The number of ether oxygens (including phenoxy) is 3. The molecule has 0 aliphatic carbocycles. The van der Waals surface area contributed by atoms with Crippen molar-refractivity contribution in [2.24, 2.45) is 5.92 Å². The van der Waals surface area contributed by atoms with Gasteiger partial charge in [0, 0.05) is 18.2 Å². The summed E-state index contributed by atoms with van der Waals surface area (Å²) in [5.74, 6) is 3.02. The Balaban J connectivity index is 3.20. The van der Waals surface area contributed by atoms with Crippen molar-refractivity contribution in [3.05, 3.63) is 17.7 Å². The fourth-order valence-electron chi connectivity index (χ4n) is 2.47. The minimum Gasteiger partial charge on any atom is -0.496 e. The van der Waals surface area contributed by atoms with Gasteiger partial charge in [-0.2, -0.15) is 0 Å². The summed E-state index contributed by atoms with van der Waals surface area (Å²) in [6.45, 7) is 7.50. The van der Waals surface area contributed by atoms with Crippen molar-refractivity contribution >= 4 is 0 Å². The van der Waals surface area contributed by atoms with Crippen LogP contribution in [0.3, 0.4) is 0 Å². The molecule has 4 heteroatoms. The number of methoxy groups -OCH3 is 3. The van der Waals surface area contributed by atoms with Gasteiger partial charge in [-0.25, -0.2) is 0 Å². The maximum Gasteiger partial charge on any atom is 0.131 e. The molecule has 1 rings (SSSR count). The molecule has 0 aromatic heterocycles. The number of benzene rings is 1. The second-order valence-electron chi connectivity index (χ2n) is 5.53. The largest absolute Gasteiger partial charge is 0.496 e. The van der Waals surface area contributed by atoms with Crippen LogP contribution in [0.25, 0.3) is 0 Å². The molecule has 120 valence electrons. The van der Waals surface area contributed by atoms with Crippen LogP contribution in [0.2, 0.25) is 0 Å². The summed E-state index contributed by atoms with van der Waals surface area (Å²) in [6.07, 6.45) is 2.19. The Hall–Kier alpha value is -1.42. The van der Waals surface area contributed by atoms with Gasteiger partial charge in [-0.1, -0.05) is 20.8 Å². The fraction of sp³-hybridized carbons (Fsp3) is 0.647. The maximum atomic E-state index is 5.56. The molecule has 1 atom stereocenters. The number of hydrogen-bond donors (Lipinski definition) is 1. The van der Waals surface area contributed by atoms with Crippen LogP contribution < -0.4 is 19.5 Å². The van der Waals surface area contributed by atoms with Crippen molar-refractivity contribution in [3.63, 3.8) is 0 Å². The molecule has 0 bridgehead atoms. The molecule has 0 fully saturated rings. The lowest BCUT2D eigenvalue weighted by atomic mass is 9.95. The summed E-state index contributed by atoms with van der Waals surface area (Å²) in [7, 11) is 5.01. The third-order valence-corrected chi connectivity index (χ3v) is 3.58. The second-order valence-corrected chi connectivity index (χ2v) is 5.53. The van der Waals surface area contributed by atoms with Gasteiger partial charge in [0.2, 0.25) is 0 Å². The molecule has 0 spiro atoms. The molecule has 1 aromatic carbocycles. The standard InChI is InChI=1S/C17H29NO3/c1-7-18-14(9-8-12(2)3)17-15(20-5)10-13(19-4)11-16(17)21-6/h10-12,14,18H,7-9H2,1-6H3. The molecule has 1 unspecified atom stereocenters. The average molecular weight is 295 g/mol. The van der Waals surface area contributed by atoms with Crippen LogP contribution in [0, 0.1) is 5.92 Å². The fourth-order valence-corrected chi connectivity index (χ4v) is 2.47. The van der Waals surface area contributed by atoms with E-state index in [9.17, 15) is 0 Å². The molecule has 0 radical (unpaired) electrons. The maximum absolute atomic E-state index is 5.56. The summed E-state index contributed by atoms with van der Waals surface area (Å²) in [5.41, 5.74) is 1.07. The van der Waals surface area contributed by atoms with E-state index in [0.717, 1.165) is 42.2 Å². The first-order chi connectivity index (χ1) is 10.1. The Morgan fingerprint density at radius 2 is 1.52 bits per heavy atom. The SMILES string of the molecule is CCNC(CCC(C)C)c1c(OC)cc(OC)cc1OC. The van der Waals surface area contributed by atoms with Crippen LogP contribution in [0.4, 0.5) is 0 Å². The smallest absolute Gasteiger partial charge is 0.131 e. The third kappa shape index (κ3) is 4.81. The zero-order valence-corrected chi connectivity index (χ0v) is 14.2. The number of hydrogen-bond acceptors (Lipinski definition) is 4. The Bertz CT molecular complexity index is 407. The quantitative estimate of drug-likeness (QED) is 0.752. The Morgan fingerprint density at radius 3 is 1.90 bits per heavy atom. The molecule has 4 nitrogen and oxygen atoms in total. The summed E-state index contributed by atoms with van der Waals surface area (Å²) >= 11 is 0. The third-order valence-electron chi connectivity index (χ3n) is 3.58. The van der Waals surface area contributed by atoms with E-state index in [4.69, 9.17) is 14.2 Å². The Labute approximate surface area is 128 Å². The molecule has 0 heterocycles. The topological polar surface area (TPSA) is 39.7 Å². The Kier molecular flexibility index (Phi) is 7.37. The monoisotopic (exact) mass is 295 g/mol. The highest BCUT2D eigenvalue weighted by Gasteiger charge is 2.22. The first-order valence-corrected chi connectivity index (χ1v) is 7.60. The molecule has 1 aromatic rings. The molecular weight excluding hydrogens is 266 g/mol. The highest BCUT2D eigenvalue weighted by Crippen LogP contribution is 2.40. The van der Waals surface area contributed by atoms with Crippen LogP contribution in [0.1, 0.15) is 45.2 Å². The zero-order valence-electron chi connectivity index (χ0n) is 14.2. The van der Waals surface area contributed by atoms with E-state index in [2.05, 4.69) is 26.1 Å². The van der Waals surface area contributed by atoms with E-state index in [1.54, 1.807) is 21.3 Å². The lowest BCUT2D eigenvalue weighted by Crippen LogP contribution is -2.22. The summed E-state index contributed by atoms with van der Waals surface area (Å²) < 4.78 is 16.4. The van der Waals surface area contributed by atoms with Gasteiger partial charge in [0.25, 0.3) is 0 Å². The van der Waals surface area contributed by atoms with Crippen molar-refractivity contribution in [1.82, 2.24) is 5.32 Å². The van der Waals surface area contributed by atoms with Crippen LogP contribution in [-0.4, -0.2) is 27.9 Å². The second kappa shape index (κ2) is 8.78. The first-order valence-electron chi connectivity index (χ1n) is 7.60. The van der Waals surface area contributed by atoms with Crippen LogP contribution in [-0.2, 0) is 0 Å². The molecule has 1 N–H and O–H groups in total. The van der Waals surface area contributed by atoms with Crippen LogP contribution in [0.15, 0.2) is 12.1 Å². The molecule has 0 aliphatic heterocycles.